The molecular weight excluding hydrogens is 578 g/mol. The maximum atomic E-state index is 13.4. The minimum atomic E-state index is -0.851. The number of rotatable bonds is 9. The summed E-state index contributed by atoms with van der Waals surface area (Å²) in [5.41, 5.74) is 2.49. The molecule has 4 amide bonds. The molecule has 2 saturated heterocycles. The predicted molar refractivity (Wildman–Crippen MR) is 165 cm³/mol. The number of hydrogen-bond donors (Lipinski definition) is 3. The van der Waals surface area contributed by atoms with Gasteiger partial charge in [0.25, 0.3) is 5.91 Å². The molecule has 3 aliphatic rings. The molecule has 3 heterocycles. The molecule has 3 aliphatic heterocycles. The molecule has 242 valence electrons. The molecule has 3 N–H and O–H groups in total. The summed E-state index contributed by atoms with van der Waals surface area (Å²) in [6.07, 6.45) is 2.22. The number of ether oxygens (including phenoxy) is 3. The lowest BCUT2D eigenvalue weighted by Crippen LogP contribution is -2.52. The highest BCUT2D eigenvalue weighted by Gasteiger charge is 2.26. The number of fused-ring (bicyclic) bond motifs is 1. The van der Waals surface area contributed by atoms with E-state index in [0.717, 1.165) is 29.5 Å². The Balaban J connectivity index is 1.23. The Hall–Kier alpha value is -4.00. The maximum absolute atomic E-state index is 13.4. The van der Waals surface area contributed by atoms with E-state index in [9.17, 15) is 19.2 Å². The van der Waals surface area contributed by atoms with Crippen LogP contribution < -0.4 is 20.7 Å². The van der Waals surface area contributed by atoms with Gasteiger partial charge >= 0.3 is 0 Å². The summed E-state index contributed by atoms with van der Waals surface area (Å²) in [6.45, 7) is 4.55. The van der Waals surface area contributed by atoms with Crippen LogP contribution in [-0.4, -0.2) is 111 Å². The summed E-state index contributed by atoms with van der Waals surface area (Å²) in [5, 5.41) is 9.30. The van der Waals surface area contributed by atoms with Crippen LogP contribution in [0.5, 0.6) is 5.75 Å². The van der Waals surface area contributed by atoms with Crippen molar-refractivity contribution < 1.29 is 33.4 Å². The third kappa shape index (κ3) is 9.74. The quantitative estimate of drug-likeness (QED) is 0.367. The van der Waals surface area contributed by atoms with Crippen molar-refractivity contribution in [3.05, 3.63) is 65.2 Å². The van der Waals surface area contributed by atoms with E-state index in [4.69, 9.17) is 14.2 Å². The summed E-state index contributed by atoms with van der Waals surface area (Å²) in [4.78, 5) is 55.8. The van der Waals surface area contributed by atoms with Crippen molar-refractivity contribution in [3.8, 4) is 5.75 Å². The Morgan fingerprint density at radius 1 is 0.933 bits per heavy atom. The topological polar surface area (TPSA) is 139 Å². The highest BCUT2D eigenvalue weighted by molar-refractivity contribution is 5.91. The van der Waals surface area contributed by atoms with E-state index in [2.05, 4.69) is 16.0 Å². The van der Waals surface area contributed by atoms with Crippen LogP contribution in [0.25, 0.3) is 0 Å². The number of hydrogen-bond acceptors (Lipinski definition) is 8. The highest BCUT2D eigenvalue weighted by Crippen LogP contribution is 2.16. The molecule has 1 atom stereocenters. The molecule has 0 saturated carbocycles. The predicted octanol–water partition coefficient (Wildman–Crippen LogP) is 0.421. The molecule has 12 heteroatoms. The minimum absolute atomic E-state index is 0.0677. The molecule has 12 nitrogen and oxygen atoms in total. The van der Waals surface area contributed by atoms with Gasteiger partial charge in [-0.05, 0) is 41.7 Å². The molecule has 0 aromatic heterocycles. The van der Waals surface area contributed by atoms with Crippen LogP contribution in [-0.2, 0) is 48.0 Å². The monoisotopic (exact) mass is 621 g/mol. The second-order valence-corrected chi connectivity index (χ2v) is 11.6. The van der Waals surface area contributed by atoms with E-state index in [0.29, 0.717) is 64.4 Å². The fraction of sp³-hybridized carbons (Fsp3) is 0.515. The summed E-state index contributed by atoms with van der Waals surface area (Å²) in [6, 6.07) is 14.2. The van der Waals surface area contributed by atoms with Gasteiger partial charge in [0.1, 0.15) is 11.8 Å². The first-order valence-corrected chi connectivity index (χ1v) is 15.7. The second kappa shape index (κ2) is 16.4. The molecule has 2 fully saturated rings. The van der Waals surface area contributed by atoms with E-state index >= 15 is 0 Å². The molecule has 2 aromatic carbocycles. The van der Waals surface area contributed by atoms with Crippen molar-refractivity contribution in [2.24, 2.45) is 0 Å². The largest absolute Gasteiger partial charge is 0.484 e. The first-order chi connectivity index (χ1) is 21.9. The van der Waals surface area contributed by atoms with Gasteiger partial charge < -0.3 is 40.0 Å². The van der Waals surface area contributed by atoms with Crippen molar-refractivity contribution in [1.29, 1.82) is 0 Å². The zero-order valence-electron chi connectivity index (χ0n) is 25.6. The smallest absolute Gasteiger partial charge is 0.260 e. The van der Waals surface area contributed by atoms with E-state index in [1.165, 1.54) is 0 Å². The summed E-state index contributed by atoms with van der Waals surface area (Å²) < 4.78 is 16.4. The van der Waals surface area contributed by atoms with E-state index in [-0.39, 0.29) is 50.3 Å². The number of benzene rings is 2. The Kier molecular flexibility index (Phi) is 11.8. The van der Waals surface area contributed by atoms with E-state index in [1.54, 1.807) is 21.9 Å². The molecular formula is C33H43N5O7. The van der Waals surface area contributed by atoms with Gasteiger partial charge in [0.05, 0.1) is 26.2 Å². The molecule has 0 bridgehead atoms. The van der Waals surface area contributed by atoms with Crippen molar-refractivity contribution in [3.63, 3.8) is 0 Å². The van der Waals surface area contributed by atoms with Gasteiger partial charge in [-0.15, -0.1) is 0 Å². The van der Waals surface area contributed by atoms with E-state index in [1.807, 2.05) is 36.4 Å². The molecule has 0 spiro atoms. The SMILES string of the molecule is O=C1CN(CCNC2CCOCC2)C(=O)Cc2ccccc2CNC(=O)[C@H](Cc2ccc(OCC(=O)N3CCOCC3)cc2)N1. The van der Waals surface area contributed by atoms with Crippen LogP contribution in [0.2, 0.25) is 0 Å². The number of nitrogens with zero attached hydrogens (tertiary/aromatic N) is 2. The third-order valence-corrected chi connectivity index (χ3v) is 8.38. The van der Waals surface area contributed by atoms with Gasteiger partial charge in [-0.1, -0.05) is 36.4 Å². The number of nitrogens with one attached hydrogen (secondary N) is 3. The van der Waals surface area contributed by atoms with Crippen molar-refractivity contribution in [1.82, 2.24) is 25.8 Å². The van der Waals surface area contributed by atoms with Gasteiger partial charge in [0.2, 0.25) is 17.7 Å². The lowest BCUT2D eigenvalue weighted by molar-refractivity contribution is -0.137. The Morgan fingerprint density at radius 3 is 2.40 bits per heavy atom. The van der Waals surface area contributed by atoms with Crippen LogP contribution in [0, 0.1) is 0 Å². The summed E-state index contributed by atoms with van der Waals surface area (Å²) in [5.74, 6) is -0.409. The van der Waals surface area contributed by atoms with Crippen LogP contribution in [0.1, 0.15) is 29.5 Å². The number of amides is 4. The Labute approximate surface area is 263 Å². The molecule has 45 heavy (non-hydrogen) atoms. The fourth-order valence-corrected chi connectivity index (χ4v) is 5.71. The average molecular weight is 622 g/mol. The lowest BCUT2D eigenvalue weighted by atomic mass is 10.0. The first-order valence-electron chi connectivity index (χ1n) is 15.7. The van der Waals surface area contributed by atoms with Crippen LogP contribution in [0.3, 0.4) is 0 Å². The van der Waals surface area contributed by atoms with Gasteiger partial charge in [0.15, 0.2) is 6.61 Å². The van der Waals surface area contributed by atoms with Gasteiger partial charge in [-0.3, -0.25) is 19.2 Å². The minimum Gasteiger partial charge on any atom is -0.484 e. The van der Waals surface area contributed by atoms with Crippen LogP contribution >= 0.6 is 0 Å². The highest BCUT2D eigenvalue weighted by atomic mass is 16.5. The summed E-state index contributed by atoms with van der Waals surface area (Å²) >= 11 is 0. The number of carbonyl (C=O) groups excluding carboxylic acids is 4. The molecule has 0 unspecified atom stereocenters. The van der Waals surface area contributed by atoms with Gasteiger partial charge in [-0.2, -0.15) is 0 Å². The maximum Gasteiger partial charge on any atom is 0.260 e. The molecule has 0 radical (unpaired) electrons. The third-order valence-electron chi connectivity index (χ3n) is 8.38. The zero-order chi connectivity index (χ0) is 31.4. The van der Waals surface area contributed by atoms with Crippen molar-refractivity contribution in [2.45, 2.75) is 44.3 Å². The van der Waals surface area contributed by atoms with Gasteiger partial charge in [-0.25, -0.2) is 0 Å². The van der Waals surface area contributed by atoms with Crippen LogP contribution in [0.15, 0.2) is 48.5 Å². The second-order valence-electron chi connectivity index (χ2n) is 11.6. The summed E-state index contributed by atoms with van der Waals surface area (Å²) in [7, 11) is 0. The van der Waals surface area contributed by atoms with Crippen molar-refractivity contribution >= 4 is 23.6 Å². The number of carbonyl (C=O) groups is 4. The number of morpholine rings is 1. The normalized spacial score (nSPS) is 20.4. The Morgan fingerprint density at radius 2 is 1.64 bits per heavy atom. The first kappa shape index (κ1) is 32.4. The van der Waals surface area contributed by atoms with Crippen LogP contribution in [0.4, 0.5) is 0 Å². The fourth-order valence-electron chi connectivity index (χ4n) is 5.71. The lowest BCUT2D eigenvalue weighted by Gasteiger charge is -2.28. The van der Waals surface area contributed by atoms with Gasteiger partial charge in [0, 0.05) is 58.4 Å². The van der Waals surface area contributed by atoms with E-state index < -0.39 is 11.9 Å². The average Bonchev–Trinajstić information content (AvgIpc) is 3.07. The molecule has 5 rings (SSSR count). The molecule has 0 aliphatic carbocycles. The Bertz CT molecular complexity index is 1310. The van der Waals surface area contributed by atoms with Crippen molar-refractivity contribution in [2.75, 3.05) is 65.8 Å². The molecule has 2 aromatic rings. The zero-order valence-corrected chi connectivity index (χ0v) is 25.6. The standard InChI is InChI=1S/C33H43N5O7/c39-30-22-38(12-11-34-27-9-15-43-16-10-27)31(40)20-25-3-1-2-4-26(25)21-35-33(42)29(36-30)19-24-5-7-28(8-6-24)45-23-32(41)37-13-17-44-18-14-37/h1-8,27,29,34H,9-23H2,(H,35,42)(H,36,39)/t29-/m0/s1.